The van der Waals surface area contributed by atoms with Gasteiger partial charge in [0.25, 0.3) is 5.91 Å². The van der Waals surface area contributed by atoms with Crippen molar-refractivity contribution in [2.75, 3.05) is 13.7 Å². The van der Waals surface area contributed by atoms with Gasteiger partial charge in [0.1, 0.15) is 17.5 Å². The summed E-state index contributed by atoms with van der Waals surface area (Å²) in [6, 6.07) is 4.89. The molecule has 4 rings (SSSR count). The number of aryl methyl sites for hydroxylation is 1. The van der Waals surface area contributed by atoms with Crippen LogP contribution in [0.5, 0.6) is 0 Å². The van der Waals surface area contributed by atoms with E-state index in [1.54, 1.807) is 13.2 Å². The number of nitrogens with one attached hydrogen (secondary N) is 1. The molecule has 0 bridgehead atoms. The Morgan fingerprint density at radius 1 is 1.32 bits per heavy atom. The average molecular weight is 402 g/mol. The molecule has 0 unspecified atom stereocenters. The van der Waals surface area contributed by atoms with Crippen LogP contribution < -0.4 is 5.32 Å². The summed E-state index contributed by atoms with van der Waals surface area (Å²) in [6.07, 6.45) is 5.09. The molecule has 3 aromatic rings. The Hall–Kier alpha value is -2.32. The topological polar surface area (TPSA) is 69.0 Å². The van der Waals surface area contributed by atoms with Gasteiger partial charge in [-0.1, -0.05) is 12.5 Å². The van der Waals surface area contributed by atoms with E-state index in [4.69, 9.17) is 4.74 Å². The molecule has 0 atom stereocenters. The van der Waals surface area contributed by atoms with E-state index in [0.29, 0.717) is 28.8 Å². The Kier molecular flexibility index (Phi) is 5.68. The molecule has 28 heavy (non-hydrogen) atoms. The zero-order chi connectivity index (χ0) is 19.5. The predicted octanol–water partition coefficient (Wildman–Crippen LogP) is 3.48. The first kappa shape index (κ1) is 19.0. The molecule has 0 radical (unpaired) electrons. The third kappa shape index (κ3) is 3.66. The SMILES string of the molecule is COCc1c(C(=O)NCCc2nnc3n2CCCCC3)sc2cccc(F)c12. The van der Waals surface area contributed by atoms with E-state index in [-0.39, 0.29) is 18.3 Å². The Balaban J connectivity index is 1.48. The largest absolute Gasteiger partial charge is 0.380 e. The first-order valence-corrected chi connectivity index (χ1v) is 10.4. The van der Waals surface area contributed by atoms with Crippen molar-refractivity contribution in [3.63, 3.8) is 0 Å². The zero-order valence-corrected chi connectivity index (χ0v) is 16.6. The number of ether oxygens (including phenoxy) is 1. The fourth-order valence-electron chi connectivity index (χ4n) is 3.73. The smallest absolute Gasteiger partial charge is 0.261 e. The minimum absolute atomic E-state index is 0.196. The van der Waals surface area contributed by atoms with Crippen molar-refractivity contribution >= 4 is 27.3 Å². The lowest BCUT2D eigenvalue weighted by atomic mass is 10.1. The minimum atomic E-state index is -0.328. The number of carbonyl (C=O) groups excluding carboxylic acids is 1. The van der Waals surface area contributed by atoms with Crippen LogP contribution in [0.4, 0.5) is 4.39 Å². The van der Waals surface area contributed by atoms with Crippen LogP contribution >= 0.6 is 11.3 Å². The standard InChI is InChI=1S/C20H23FN4O2S/c1-27-12-13-18-14(21)6-5-7-15(18)28-19(13)20(26)22-10-9-17-24-23-16-8-3-2-4-11-25(16)17/h5-7H,2-4,8-12H2,1H3,(H,22,26). The third-order valence-corrected chi connectivity index (χ3v) is 6.27. The monoisotopic (exact) mass is 402 g/mol. The van der Waals surface area contributed by atoms with E-state index in [0.717, 1.165) is 42.2 Å². The van der Waals surface area contributed by atoms with Crippen molar-refractivity contribution < 1.29 is 13.9 Å². The highest BCUT2D eigenvalue weighted by atomic mass is 32.1. The van der Waals surface area contributed by atoms with Gasteiger partial charge in [-0.15, -0.1) is 21.5 Å². The molecule has 6 nitrogen and oxygen atoms in total. The molecule has 0 saturated heterocycles. The van der Waals surface area contributed by atoms with Crippen LogP contribution in [0.25, 0.3) is 10.1 Å². The first-order valence-electron chi connectivity index (χ1n) is 9.57. The number of carbonyl (C=O) groups is 1. The second-order valence-corrected chi connectivity index (χ2v) is 8.01. The number of thiophene rings is 1. The molecule has 0 aliphatic carbocycles. The summed E-state index contributed by atoms with van der Waals surface area (Å²) in [5.74, 6) is 1.42. The van der Waals surface area contributed by atoms with Crippen molar-refractivity contribution in [2.45, 2.75) is 45.3 Å². The van der Waals surface area contributed by atoms with Crippen molar-refractivity contribution in [3.05, 3.63) is 46.1 Å². The normalized spacial score (nSPS) is 14.1. The van der Waals surface area contributed by atoms with Crippen molar-refractivity contribution in [1.29, 1.82) is 0 Å². The van der Waals surface area contributed by atoms with Gasteiger partial charge in [-0.3, -0.25) is 4.79 Å². The van der Waals surface area contributed by atoms with Crippen LogP contribution in [0.2, 0.25) is 0 Å². The zero-order valence-electron chi connectivity index (χ0n) is 15.8. The fraction of sp³-hybridized carbons (Fsp3) is 0.450. The van der Waals surface area contributed by atoms with Gasteiger partial charge in [0.15, 0.2) is 0 Å². The summed E-state index contributed by atoms with van der Waals surface area (Å²) in [5.41, 5.74) is 0.606. The van der Waals surface area contributed by atoms with E-state index in [2.05, 4.69) is 20.1 Å². The van der Waals surface area contributed by atoms with Gasteiger partial charge in [-0.2, -0.15) is 0 Å². The number of aromatic nitrogens is 3. The molecule has 1 amide bonds. The van der Waals surface area contributed by atoms with E-state index in [1.165, 1.54) is 23.8 Å². The number of rotatable bonds is 6. The number of halogens is 1. The van der Waals surface area contributed by atoms with Crippen molar-refractivity contribution in [2.24, 2.45) is 0 Å². The molecule has 0 spiro atoms. The minimum Gasteiger partial charge on any atom is -0.380 e. The summed E-state index contributed by atoms with van der Waals surface area (Å²) in [5, 5.41) is 12.0. The van der Waals surface area contributed by atoms with Crippen LogP contribution in [0, 0.1) is 5.82 Å². The van der Waals surface area contributed by atoms with E-state index in [9.17, 15) is 9.18 Å². The lowest BCUT2D eigenvalue weighted by molar-refractivity contribution is 0.0953. The van der Waals surface area contributed by atoms with Gasteiger partial charge in [0.05, 0.1) is 11.5 Å². The maximum Gasteiger partial charge on any atom is 0.261 e. The highest BCUT2D eigenvalue weighted by Gasteiger charge is 2.21. The number of fused-ring (bicyclic) bond motifs is 2. The predicted molar refractivity (Wildman–Crippen MR) is 106 cm³/mol. The van der Waals surface area contributed by atoms with Crippen LogP contribution in [-0.2, 0) is 30.7 Å². The lowest BCUT2D eigenvalue weighted by Crippen LogP contribution is -2.26. The van der Waals surface area contributed by atoms with Gasteiger partial charge in [0, 0.05) is 48.7 Å². The molecular formula is C20H23FN4O2S. The summed E-state index contributed by atoms with van der Waals surface area (Å²) in [6.45, 7) is 1.60. The number of hydrogen-bond acceptors (Lipinski definition) is 5. The molecular weight excluding hydrogens is 379 g/mol. The van der Waals surface area contributed by atoms with Crippen LogP contribution in [0.3, 0.4) is 0 Å². The molecule has 148 valence electrons. The fourth-order valence-corrected chi connectivity index (χ4v) is 4.87. The Morgan fingerprint density at radius 3 is 3.07 bits per heavy atom. The molecule has 1 N–H and O–H groups in total. The Bertz CT molecular complexity index is 998. The summed E-state index contributed by atoms with van der Waals surface area (Å²) in [4.78, 5) is 13.3. The summed E-state index contributed by atoms with van der Waals surface area (Å²) >= 11 is 1.29. The maximum absolute atomic E-state index is 14.3. The molecule has 0 saturated carbocycles. The molecule has 2 aromatic heterocycles. The van der Waals surface area contributed by atoms with Gasteiger partial charge in [-0.05, 0) is 25.0 Å². The molecule has 8 heteroatoms. The van der Waals surface area contributed by atoms with Gasteiger partial charge < -0.3 is 14.6 Å². The number of amides is 1. The Labute approximate surface area is 166 Å². The van der Waals surface area contributed by atoms with Crippen LogP contribution in [0.15, 0.2) is 18.2 Å². The van der Waals surface area contributed by atoms with E-state index >= 15 is 0 Å². The Morgan fingerprint density at radius 2 is 2.21 bits per heavy atom. The van der Waals surface area contributed by atoms with Gasteiger partial charge in [-0.25, -0.2) is 4.39 Å². The number of benzene rings is 1. The molecule has 1 aromatic carbocycles. The molecule has 1 aliphatic rings. The molecule has 3 heterocycles. The average Bonchev–Trinajstić information content (AvgIpc) is 3.16. The quantitative estimate of drug-likeness (QED) is 0.685. The lowest BCUT2D eigenvalue weighted by Gasteiger charge is -2.08. The van der Waals surface area contributed by atoms with Gasteiger partial charge in [0.2, 0.25) is 0 Å². The third-order valence-electron chi connectivity index (χ3n) is 5.08. The highest BCUT2D eigenvalue weighted by Crippen LogP contribution is 2.33. The maximum atomic E-state index is 14.3. The molecule has 0 fully saturated rings. The van der Waals surface area contributed by atoms with E-state index < -0.39 is 0 Å². The van der Waals surface area contributed by atoms with Crippen molar-refractivity contribution in [1.82, 2.24) is 20.1 Å². The second-order valence-electron chi connectivity index (χ2n) is 6.96. The summed E-state index contributed by atoms with van der Waals surface area (Å²) < 4.78 is 22.4. The molecule has 1 aliphatic heterocycles. The van der Waals surface area contributed by atoms with Crippen molar-refractivity contribution in [3.8, 4) is 0 Å². The van der Waals surface area contributed by atoms with Crippen LogP contribution in [-0.4, -0.2) is 34.3 Å². The number of hydrogen-bond donors (Lipinski definition) is 1. The number of methoxy groups -OCH3 is 1. The number of nitrogens with zero attached hydrogens (tertiary/aromatic N) is 3. The first-order chi connectivity index (χ1) is 13.7. The van der Waals surface area contributed by atoms with Gasteiger partial charge >= 0.3 is 0 Å². The van der Waals surface area contributed by atoms with Crippen LogP contribution in [0.1, 0.15) is 46.1 Å². The second kappa shape index (κ2) is 8.36. The highest BCUT2D eigenvalue weighted by molar-refractivity contribution is 7.21. The van der Waals surface area contributed by atoms with E-state index in [1.807, 2.05) is 6.07 Å². The summed E-state index contributed by atoms with van der Waals surface area (Å²) in [7, 11) is 1.54.